The highest BCUT2D eigenvalue weighted by molar-refractivity contribution is 5.87. The average Bonchev–Trinajstić information content (AvgIpc) is 2.87. The Morgan fingerprint density at radius 2 is 1.16 bits per heavy atom. The number of hydrogen-bond acceptors (Lipinski definition) is 8. The molecule has 1 radical (unpaired) electrons. The van der Waals surface area contributed by atoms with Gasteiger partial charge in [0.15, 0.2) is 6.29 Å². The summed E-state index contributed by atoms with van der Waals surface area (Å²) in [5, 5.41) is 25.2. The van der Waals surface area contributed by atoms with Crippen molar-refractivity contribution >= 4 is 35.9 Å². The van der Waals surface area contributed by atoms with Gasteiger partial charge in [0.1, 0.15) is 6.04 Å². The number of amides is 3. The van der Waals surface area contributed by atoms with Crippen molar-refractivity contribution in [1.82, 2.24) is 16.0 Å². The van der Waals surface area contributed by atoms with E-state index in [1.54, 1.807) is 6.29 Å². The minimum atomic E-state index is -1.25. The van der Waals surface area contributed by atoms with Gasteiger partial charge in [0.05, 0.1) is 26.4 Å². The standard InChI is InChI=1S/C25H42N3O10/c29-15-7-8-20(25(35)36)28-23(32)12-11-22(31)27-14-17-38-19-18-37-16-13-26-21(30)9-5-3-1-2-4-6-10-24(33)34/h20H,1-14,16-19H2,(H,26,30)(H,27,31)(H,28,32)(H,33,34)(H,35,36). The molecule has 1 unspecified atom stereocenters. The van der Waals surface area contributed by atoms with E-state index in [1.165, 1.54) is 0 Å². The lowest BCUT2D eigenvalue weighted by Gasteiger charge is -2.13. The van der Waals surface area contributed by atoms with Crippen LogP contribution in [0.5, 0.6) is 0 Å². The molecule has 217 valence electrons. The van der Waals surface area contributed by atoms with E-state index in [9.17, 15) is 28.8 Å². The van der Waals surface area contributed by atoms with Crippen LogP contribution in [-0.2, 0) is 38.2 Å². The van der Waals surface area contributed by atoms with E-state index in [2.05, 4.69) is 16.0 Å². The van der Waals surface area contributed by atoms with Crippen molar-refractivity contribution in [2.24, 2.45) is 0 Å². The molecule has 0 aliphatic rings. The Bertz CT molecular complexity index is 718. The summed E-state index contributed by atoms with van der Waals surface area (Å²) in [6.45, 7) is 1.90. The number of unbranched alkanes of at least 4 members (excludes halogenated alkanes) is 5. The molecular weight excluding hydrogens is 502 g/mol. The molecule has 5 N–H and O–H groups in total. The van der Waals surface area contributed by atoms with Crippen molar-refractivity contribution < 1.29 is 48.5 Å². The predicted molar refractivity (Wildman–Crippen MR) is 136 cm³/mol. The van der Waals surface area contributed by atoms with Crippen LogP contribution in [0.25, 0.3) is 0 Å². The van der Waals surface area contributed by atoms with E-state index in [4.69, 9.17) is 19.7 Å². The van der Waals surface area contributed by atoms with E-state index in [1.807, 2.05) is 0 Å². The quantitative estimate of drug-likeness (QED) is 0.0966. The molecule has 0 saturated carbocycles. The molecule has 0 aliphatic heterocycles. The first-order valence-electron chi connectivity index (χ1n) is 13.0. The minimum Gasteiger partial charge on any atom is -0.481 e. The normalized spacial score (nSPS) is 11.4. The molecule has 0 rings (SSSR count). The molecule has 0 bridgehead atoms. The molecular formula is C25H42N3O10. The second-order valence-corrected chi connectivity index (χ2v) is 8.58. The third kappa shape index (κ3) is 23.3. The van der Waals surface area contributed by atoms with Gasteiger partial charge >= 0.3 is 11.9 Å². The van der Waals surface area contributed by atoms with E-state index < -0.39 is 23.9 Å². The summed E-state index contributed by atoms with van der Waals surface area (Å²) in [6, 6.07) is -1.19. The molecule has 1 atom stereocenters. The summed E-state index contributed by atoms with van der Waals surface area (Å²) < 4.78 is 10.7. The third-order valence-corrected chi connectivity index (χ3v) is 5.30. The van der Waals surface area contributed by atoms with Gasteiger partial charge in [0.2, 0.25) is 17.7 Å². The number of carbonyl (C=O) groups excluding carboxylic acids is 4. The van der Waals surface area contributed by atoms with Crippen molar-refractivity contribution in [3.05, 3.63) is 0 Å². The summed E-state index contributed by atoms with van der Waals surface area (Å²) in [4.78, 5) is 67.0. The van der Waals surface area contributed by atoms with Gasteiger partial charge in [-0.1, -0.05) is 25.7 Å². The lowest BCUT2D eigenvalue weighted by Crippen LogP contribution is -2.41. The second kappa shape index (κ2) is 24.3. The highest BCUT2D eigenvalue weighted by Crippen LogP contribution is 2.08. The first-order valence-corrected chi connectivity index (χ1v) is 13.0. The van der Waals surface area contributed by atoms with Crippen molar-refractivity contribution in [2.45, 2.75) is 83.1 Å². The van der Waals surface area contributed by atoms with Gasteiger partial charge in [-0.2, -0.15) is 0 Å². The minimum absolute atomic E-state index is 0.0257. The zero-order chi connectivity index (χ0) is 28.4. The Morgan fingerprint density at radius 1 is 0.658 bits per heavy atom. The maximum absolute atomic E-state index is 11.8. The first kappa shape index (κ1) is 34.9. The number of aliphatic carboxylic acids is 2. The van der Waals surface area contributed by atoms with Crippen molar-refractivity contribution in [3.8, 4) is 0 Å². The van der Waals surface area contributed by atoms with Crippen LogP contribution < -0.4 is 16.0 Å². The summed E-state index contributed by atoms with van der Waals surface area (Å²) in [6.07, 6.45) is 7.10. The monoisotopic (exact) mass is 544 g/mol. The molecule has 0 aromatic rings. The average molecular weight is 545 g/mol. The van der Waals surface area contributed by atoms with Gasteiger partial charge in [-0.25, -0.2) is 4.79 Å². The van der Waals surface area contributed by atoms with Crippen LogP contribution in [0.1, 0.15) is 77.0 Å². The fraction of sp³-hybridized carbons (Fsp3) is 0.760. The lowest BCUT2D eigenvalue weighted by molar-refractivity contribution is -0.142. The van der Waals surface area contributed by atoms with Gasteiger partial charge < -0.3 is 35.6 Å². The molecule has 0 saturated heterocycles. The molecule has 13 heteroatoms. The molecule has 0 fully saturated rings. The Balaban J connectivity index is 3.52. The molecule has 3 amide bonds. The third-order valence-electron chi connectivity index (χ3n) is 5.30. The Kier molecular flexibility index (Phi) is 22.3. The fourth-order valence-corrected chi connectivity index (χ4v) is 3.25. The topological polar surface area (TPSA) is 197 Å². The smallest absolute Gasteiger partial charge is 0.326 e. The van der Waals surface area contributed by atoms with Crippen LogP contribution in [0.15, 0.2) is 0 Å². The van der Waals surface area contributed by atoms with Gasteiger partial charge in [0, 0.05) is 45.2 Å². The van der Waals surface area contributed by atoms with E-state index in [-0.39, 0.29) is 57.1 Å². The summed E-state index contributed by atoms with van der Waals surface area (Å²) in [7, 11) is 0. The SMILES string of the molecule is O=[C]CCC(NC(=O)CCC(=O)NCCOCCOCCNC(=O)CCCCCCCCC(=O)O)C(=O)O. The summed E-state index contributed by atoms with van der Waals surface area (Å²) >= 11 is 0. The van der Waals surface area contributed by atoms with Crippen LogP contribution in [0.3, 0.4) is 0 Å². The second-order valence-electron chi connectivity index (χ2n) is 8.58. The summed E-state index contributed by atoms with van der Waals surface area (Å²) in [5.74, 6) is -3.01. The Labute approximate surface area is 223 Å². The fourth-order valence-electron chi connectivity index (χ4n) is 3.25. The summed E-state index contributed by atoms with van der Waals surface area (Å²) in [5.41, 5.74) is 0. The Morgan fingerprint density at radius 3 is 1.68 bits per heavy atom. The maximum Gasteiger partial charge on any atom is 0.326 e. The highest BCUT2D eigenvalue weighted by atomic mass is 16.5. The van der Waals surface area contributed by atoms with Crippen molar-refractivity contribution in [2.75, 3.05) is 39.5 Å². The lowest BCUT2D eigenvalue weighted by atomic mass is 10.1. The van der Waals surface area contributed by atoms with Gasteiger partial charge in [-0.15, -0.1) is 0 Å². The van der Waals surface area contributed by atoms with Gasteiger partial charge in [-0.05, 0) is 19.3 Å². The molecule has 13 nitrogen and oxygen atoms in total. The number of ether oxygens (including phenoxy) is 2. The number of carboxylic acid groups (broad SMARTS) is 2. The zero-order valence-electron chi connectivity index (χ0n) is 22.0. The number of nitrogens with one attached hydrogen (secondary N) is 3. The molecule has 0 aromatic heterocycles. The highest BCUT2D eigenvalue weighted by Gasteiger charge is 2.19. The van der Waals surface area contributed by atoms with E-state index in [0.29, 0.717) is 39.2 Å². The van der Waals surface area contributed by atoms with Crippen LogP contribution in [-0.4, -0.2) is 91.7 Å². The first-order chi connectivity index (χ1) is 18.3. The van der Waals surface area contributed by atoms with Crippen LogP contribution in [0.4, 0.5) is 0 Å². The Hall–Kier alpha value is -3.06. The number of carbonyl (C=O) groups is 5. The van der Waals surface area contributed by atoms with E-state index in [0.717, 1.165) is 32.1 Å². The molecule has 0 heterocycles. The van der Waals surface area contributed by atoms with E-state index >= 15 is 0 Å². The van der Waals surface area contributed by atoms with Crippen molar-refractivity contribution in [1.29, 1.82) is 0 Å². The largest absolute Gasteiger partial charge is 0.481 e. The zero-order valence-corrected chi connectivity index (χ0v) is 22.0. The van der Waals surface area contributed by atoms with Crippen molar-refractivity contribution in [3.63, 3.8) is 0 Å². The van der Waals surface area contributed by atoms with Gasteiger partial charge in [-0.3, -0.25) is 24.0 Å². The van der Waals surface area contributed by atoms with Crippen LogP contribution >= 0.6 is 0 Å². The predicted octanol–water partition coefficient (Wildman–Crippen LogP) is 0.697. The maximum atomic E-state index is 11.8. The molecule has 0 spiro atoms. The molecule has 38 heavy (non-hydrogen) atoms. The molecule has 0 aromatic carbocycles. The number of hydrogen-bond donors (Lipinski definition) is 5. The van der Waals surface area contributed by atoms with Gasteiger partial charge in [0.25, 0.3) is 0 Å². The number of rotatable bonds is 26. The van der Waals surface area contributed by atoms with Crippen LogP contribution in [0.2, 0.25) is 0 Å². The molecule has 0 aliphatic carbocycles. The van der Waals surface area contributed by atoms with Crippen LogP contribution in [0, 0.1) is 0 Å². The number of carboxylic acids is 2.